The number of halogens is 2. The van der Waals surface area contributed by atoms with Crippen LogP contribution in [-0.2, 0) is 6.42 Å². The summed E-state index contributed by atoms with van der Waals surface area (Å²) in [4.78, 5) is 4.01. The van der Waals surface area contributed by atoms with Crippen LogP contribution in [0, 0.1) is 0 Å². The highest BCUT2D eigenvalue weighted by atomic mass is 79.9. The number of alkyl halides is 1. The molecule has 0 saturated heterocycles. The van der Waals surface area contributed by atoms with E-state index in [1.54, 1.807) is 12.4 Å². The Balaban J connectivity index is 2.74. The zero-order chi connectivity index (χ0) is 11.3. The minimum absolute atomic E-state index is 0.0629. The van der Waals surface area contributed by atoms with Crippen LogP contribution in [0.15, 0.2) is 22.9 Å². The Labute approximate surface area is 98.2 Å². The number of aromatic nitrogens is 1. The van der Waals surface area contributed by atoms with Crippen molar-refractivity contribution in [1.82, 2.24) is 4.98 Å². The molecule has 0 saturated carbocycles. The van der Waals surface area contributed by atoms with E-state index in [2.05, 4.69) is 20.9 Å². The smallest absolute Gasteiger partial charge is 0.127 e. The number of rotatable bonds is 5. The van der Waals surface area contributed by atoms with Gasteiger partial charge in [-0.3, -0.25) is 4.98 Å². The SMILES string of the molecule is CCCC(F)(CN)Cc1cncc(Br)c1. The van der Waals surface area contributed by atoms with Crippen molar-refractivity contribution in [3.63, 3.8) is 0 Å². The van der Waals surface area contributed by atoms with Gasteiger partial charge in [-0.2, -0.15) is 0 Å². The summed E-state index contributed by atoms with van der Waals surface area (Å²) in [5.41, 5.74) is 5.06. The van der Waals surface area contributed by atoms with Crippen molar-refractivity contribution in [2.75, 3.05) is 6.54 Å². The van der Waals surface area contributed by atoms with Crippen LogP contribution in [-0.4, -0.2) is 17.2 Å². The van der Waals surface area contributed by atoms with E-state index in [-0.39, 0.29) is 6.54 Å². The molecule has 0 radical (unpaired) electrons. The maximum Gasteiger partial charge on any atom is 0.127 e. The fraction of sp³-hybridized carbons (Fsp3) is 0.545. The molecule has 1 aromatic rings. The highest BCUT2D eigenvalue weighted by Crippen LogP contribution is 2.23. The average molecular weight is 275 g/mol. The quantitative estimate of drug-likeness (QED) is 0.897. The standard InChI is InChI=1S/C11H16BrFN2/c1-2-3-11(13,8-14)5-9-4-10(12)7-15-6-9/h4,6-7H,2-3,5,8,14H2,1H3. The second kappa shape index (κ2) is 5.56. The van der Waals surface area contributed by atoms with Crippen molar-refractivity contribution < 1.29 is 4.39 Å². The fourth-order valence-corrected chi connectivity index (χ4v) is 2.04. The molecule has 15 heavy (non-hydrogen) atoms. The zero-order valence-corrected chi connectivity index (χ0v) is 10.4. The third kappa shape index (κ3) is 3.87. The largest absolute Gasteiger partial charge is 0.328 e. The summed E-state index contributed by atoms with van der Waals surface area (Å²) in [5.74, 6) is 0. The first kappa shape index (κ1) is 12.6. The van der Waals surface area contributed by atoms with Crippen molar-refractivity contribution in [1.29, 1.82) is 0 Å². The van der Waals surface area contributed by atoms with E-state index in [1.165, 1.54) is 0 Å². The van der Waals surface area contributed by atoms with Crippen LogP contribution < -0.4 is 5.73 Å². The number of pyridine rings is 1. The van der Waals surface area contributed by atoms with E-state index in [4.69, 9.17) is 5.73 Å². The Hall–Kier alpha value is -0.480. The van der Waals surface area contributed by atoms with Crippen LogP contribution in [0.4, 0.5) is 4.39 Å². The molecule has 84 valence electrons. The van der Waals surface area contributed by atoms with Gasteiger partial charge in [-0.05, 0) is 34.0 Å². The van der Waals surface area contributed by atoms with Gasteiger partial charge >= 0.3 is 0 Å². The third-order valence-corrected chi connectivity index (χ3v) is 2.78. The summed E-state index contributed by atoms with van der Waals surface area (Å²) in [6.07, 6.45) is 5.00. The monoisotopic (exact) mass is 274 g/mol. The molecule has 1 atom stereocenters. The van der Waals surface area contributed by atoms with Gasteiger partial charge in [0.1, 0.15) is 5.67 Å². The summed E-state index contributed by atoms with van der Waals surface area (Å²) in [7, 11) is 0. The van der Waals surface area contributed by atoms with Crippen molar-refractivity contribution in [3.05, 3.63) is 28.5 Å². The third-order valence-electron chi connectivity index (χ3n) is 2.35. The molecule has 0 aliphatic rings. The first-order chi connectivity index (χ1) is 7.09. The van der Waals surface area contributed by atoms with E-state index in [1.807, 2.05) is 13.0 Å². The van der Waals surface area contributed by atoms with Gasteiger partial charge in [0.25, 0.3) is 0 Å². The van der Waals surface area contributed by atoms with Gasteiger partial charge in [-0.25, -0.2) is 4.39 Å². The number of hydrogen-bond acceptors (Lipinski definition) is 2. The molecule has 0 spiro atoms. The van der Waals surface area contributed by atoms with Gasteiger partial charge in [0.15, 0.2) is 0 Å². The molecule has 0 amide bonds. The van der Waals surface area contributed by atoms with Crippen LogP contribution in [0.2, 0.25) is 0 Å². The van der Waals surface area contributed by atoms with E-state index in [0.29, 0.717) is 12.8 Å². The molecule has 4 heteroatoms. The molecule has 1 rings (SSSR count). The summed E-state index contributed by atoms with van der Waals surface area (Å²) in [5, 5.41) is 0. The zero-order valence-electron chi connectivity index (χ0n) is 8.84. The van der Waals surface area contributed by atoms with E-state index in [0.717, 1.165) is 16.5 Å². The van der Waals surface area contributed by atoms with Crippen LogP contribution in [0.1, 0.15) is 25.3 Å². The van der Waals surface area contributed by atoms with Crippen LogP contribution in [0.5, 0.6) is 0 Å². The molecule has 0 aliphatic heterocycles. The Morgan fingerprint density at radius 1 is 1.53 bits per heavy atom. The lowest BCUT2D eigenvalue weighted by Gasteiger charge is -2.22. The Morgan fingerprint density at radius 2 is 2.27 bits per heavy atom. The summed E-state index contributed by atoms with van der Waals surface area (Å²) in [6.45, 7) is 2.02. The molecule has 0 fully saturated rings. The average Bonchev–Trinajstić information content (AvgIpc) is 2.18. The van der Waals surface area contributed by atoms with Gasteiger partial charge in [0, 0.05) is 29.8 Å². The maximum absolute atomic E-state index is 14.2. The molecule has 0 bridgehead atoms. The maximum atomic E-state index is 14.2. The van der Waals surface area contributed by atoms with Gasteiger partial charge in [-0.15, -0.1) is 0 Å². The van der Waals surface area contributed by atoms with E-state index < -0.39 is 5.67 Å². The highest BCUT2D eigenvalue weighted by Gasteiger charge is 2.27. The number of hydrogen-bond donors (Lipinski definition) is 1. The first-order valence-electron chi connectivity index (χ1n) is 5.08. The Morgan fingerprint density at radius 3 is 2.80 bits per heavy atom. The van der Waals surface area contributed by atoms with Crippen molar-refractivity contribution in [2.24, 2.45) is 5.73 Å². The number of nitrogens with zero attached hydrogens (tertiary/aromatic N) is 1. The lowest BCUT2D eigenvalue weighted by molar-refractivity contribution is 0.158. The second-order valence-electron chi connectivity index (χ2n) is 3.79. The predicted octanol–water partition coefficient (Wildman–Crippen LogP) is 2.85. The molecule has 2 nitrogen and oxygen atoms in total. The molecule has 0 aliphatic carbocycles. The van der Waals surface area contributed by atoms with Crippen molar-refractivity contribution in [3.8, 4) is 0 Å². The highest BCUT2D eigenvalue weighted by molar-refractivity contribution is 9.10. The van der Waals surface area contributed by atoms with Crippen LogP contribution in [0.3, 0.4) is 0 Å². The summed E-state index contributed by atoms with van der Waals surface area (Å²) in [6, 6.07) is 1.88. The van der Waals surface area contributed by atoms with Gasteiger partial charge in [0.2, 0.25) is 0 Å². The van der Waals surface area contributed by atoms with E-state index >= 15 is 0 Å². The molecule has 1 aromatic heterocycles. The Bertz CT molecular complexity index is 319. The fourth-order valence-electron chi connectivity index (χ4n) is 1.63. The second-order valence-corrected chi connectivity index (χ2v) is 4.71. The van der Waals surface area contributed by atoms with Crippen LogP contribution >= 0.6 is 15.9 Å². The summed E-state index contributed by atoms with van der Waals surface area (Å²) < 4.78 is 15.0. The van der Waals surface area contributed by atoms with Gasteiger partial charge < -0.3 is 5.73 Å². The topological polar surface area (TPSA) is 38.9 Å². The normalized spacial score (nSPS) is 14.9. The van der Waals surface area contributed by atoms with Gasteiger partial charge in [-0.1, -0.05) is 13.3 Å². The molecule has 0 aromatic carbocycles. The first-order valence-corrected chi connectivity index (χ1v) is 5.87. The minimum Gasteiger partial charge on any atom is -0.328 e. The predicted molar refractivity (Wildman–Crippen MR) is 63.4 cm³/mol. The molecular formula is C11H16BrFN2. The lowest BCUT2D eigenvalue weighted by atomic mass is 9.93. The minimum atomic E-state index is -1.29. The number of nitrogens with two attached hydrogens (primary N) is 1. The lowest BCUT2D eigenvalue weighted by Crippen LogP contribution is -2.35. The summed E-state index contributed by atoms with van der Waals surface area (Å²) >= 11 is 3.31. The van der Waals surface area contributed by atoms with Crippen molar-refractivity contribution in [2.45, 2.75) is 31.9 Å². The van der Waals surface area contributed by atoms with E-state index in [9.17, 15) is 4.39 Å². The van der Waals surface area contributed by atoms with Crippen molar-refractivity contribution >= 4 is 15.9 Å². The molecule has 1 unspecified atom stereocenters. The molecular weight excluding hydrogens is 259 g/mol. The van der Waals surface area contributed by atoms with Crippen LogP contribution in [0.25, 0.3) is 0 Å². The molecule has 2 N–H and O–H groups in total. The Kier molecular flexibility index (Phi) is 4.67. The molecule has 1 heterocycles. The van der Waals surface area contributed by atoms with Gasteiger partial charge in [0.05, 0.1) is 0 Å².